The van der Waals surface area contributed by atoms with Crippen molar-refractivity contribution < 1.29 is 4.79 Å². The molecular weight excluding hydrogens is 469 g/mol. The molecule has 1 aliphatic heterocycles. The molecule has 2 atom stereocenters. The maximum absolute atomic E-state index is 13.0. The molecule has 0 saturated carbocycles. The van der Waals surface area contributed by atoms with Gasteiger partial charge in [0.05, 0.1) is 15.6 Å². The first-order valence-corrected chi connectivity index (χ1v) is 12.3. The first-order valence-electron chi connectivity index (χ1n) is 11.6. The number of benzene rings is 2. The first-order chi connectivity index (χ1) is 16.1. The van der Waals surface area contributed by atoms with Crippen molar-refractivity contribution in [3.63, 3.8) is 0 Å². The van der Waals surface area contributed by atoms with Crippen LogP contribution in [-0.4, -0.2) is 53.0 Å². The summed E-state index contributed by atoms with van der Waals surface area (Å²) in [5.74, 6) is 0.723. The number of H-pyrrole nitrogens is 1. The normalized spacial score (nSPS) is 19.0. The molecular formula is C26H31Cl2N5O. The lowest BCUT2D eigenvalue weighted by Crippen LogP contribution is -2.55. The van der Waals surface area contributed by atoms with Gasteiger partial charge in [-0.05, 0) is 63.2 Å². The van der Waals surface area contributed by atoms with E-state index in [0.29, 0.717) is 45.1 Å². The number of aromatic amines is 1. The van der Waals surface area contributed by atoms with Crippen LogP contribution in [0.5, 0.6) is 0 Å². The number of aromatic nitrogens is 2. The topological polar surface area (TPSA) is 64.3 Å². The Hall–Kier alpha value is -2.54. The highest BCUT2D eigenvalue weighted by Crippen LogP contribution is 2.31. The molecule has 1 amide bonds. The quantitative estimate of drug-likeness (QED) is 0.432. The number of carbonyl (C=O) groups excluding carboxylic acids is 1. The molecule has 1 fully saturated rings. The van der Waals surface area contributed by atoms with Crippen LogP contribution in [-0.2, 0) is 0 Å². The average molecular weight is 500 g/mol. The summed E-state index contributed by atoms with van der Waals surface area (Å²) in [4.78, 5) is 25.5. The summed E-state index contributed by atoms with van der Waals surface area (Å²) in [6.45, 7) is 10.5. The van der Waals surface area contributed by atoms with Crippen molar-refractivity contribution in [2.75, 3.05) is 30.4 Å². The van der Waals surface area contributed by atoms with Gasteiger partial charge in [0.25, 0.3) is 5.91 Å². The van der Waals surface area contributed by atoms with Crippen LogP contribution < -0.4 is 10.2 Å². The van der Waals surface area contributed by atoms with Crippen LogP contribution >= 0.6 is 23.2 Å². The van der Waals surface area contributed by atoms with Crippen molar-refractivity contribution in [3.05, 3.63) is 63.9 Å². The van der Waals surface area contributed by atoms with E-state index >= 15 is 0 Å². The summed E-state index contributed by atoms with van der Waals surface area (Å²) in [7, 11) is 2.16. The average Bonchev–Trinajstić information content (AvgIpc) is 3.28. The number of nitrogens with zero attached hydrogens (tertiary/aromatic N) is 3. The van der Waals surface area contributed by atoms with Gasteiger partial charge in [0, 0.05) is 54.0 Å². The monoisotopic (exact) mass is 499 g/mol. The highest BCUT2D eigenvalue weighted by atomic mass is 35.5. The van der Waals surface area contributed by atoms with Crippen molar-refractivity contribution in [2.45, 2.75) is 45.7 Å². The Balaban J connectivity index is 1.52. The molecule has 4 rings (SSSR count). The van der Waals surface area contributed by atoms with Gasteiger partial charge in [-0.2, -0.15) is 0 Å². The second-order valence-corrected chi connectivity index (χ2v) is 10.2. The zero-order chi connectivity index (χ0) is 24.6. The van der Waals surface area contributed by atoms with Crippen molar-refractivity contribution in [1.82, 2.24) is 14.9 Å². The Labute approximate surface area is 211 Å². The van der Waals surface area contributed by atoms with Gasteiger partial charge in [-0.15, -0.1) is 0 Å². The predicted molar refractivity (Wildman–Crippen MR) is 141 cm³/mol. The number of hydrogen-bond donors (Lipinski definition) is 2. The molecule has 0 radical (unpaired) electrons. The summed E-state index contributed by atoms with van der Waals surface area (Å²) < 4.78 is 0. The van der Waals surface area contributed by atoms with Gasteiger partial charge in [-0.1, -0.05) is 37.0 Å². The number of halogens is 2. The van der Waals surface area contributed by atoms with E-state index in [1.807, 2.05) is 24.4 Å². The molecule has 1 aliphatic rings. The lowest BCUT2D eigenvalue weighted by molar-refractivity contribution is 0.102. The minimum atomic E-state index is -0.271. The van der Waals surface area contributed by atoms with E-state index in [9.17, 15) is 4.79 Å². The molecule has 3 aromatic rings. The van der Waals surface area contributed by atoms with Gasteiger partial charge in [0.15, 0.2) is 0 Å². The molecule has 8 heteroatoms. The fraction of sp³-hybridized carbons (Fsp3) is 0.385. The van der Waals surface area contributed by atoms with Crippen LogP contribution in [0.2, 0.25) is 10.0 Å². The number of carbonyl (C=O) groups is 1. The van der Waals surface area contributed by atoms with Gasteiger partial charge < -0.3 is 15.2 Å². The van der Waals surface area contributed by atoms with E-state index < -0.39 is 0 Å². The number of piperazine rings is 1. The number of imidazole rings is 1. The molecule has 1 saturated heterocycles. The molecule has 0 spiro atoms. The molecule has 2 N–H and O–H groups in total. The SMILES string of the molecule is CC(C)c1cnc(-c2cc(NC(=O)c3ccc(N4C[C@@H](C)N(C)[C@@H](C)C4)cc3Cl)ccc2Cl)[nH]1. The Kier molecular flexibility index (Phi) is 7.22. The van der Waals surface area contributed by atoms with Crippen LogP contribution in [0.3, 0.4) is 0 Å². The first kappa shape index (κ1) is 24.6. The molecule has 1 aromatic heterocycles. The van der Waals surface area contributed by atoms with Gasteiger partial charge in [0.2, 0.25) is 0 Å². The Morgan fingerprint density at radius 3 is 2.41 bits per heavy atom. The largest absolute Gasteiger partial charge is 0.368 e. The maximum Gasteiger partial charge on any atom is 0.257 e. The van der Waals surface area contributed by atoms with Crippen LogP contribution in [0.1, 0.15) is 49.7 Å². The van der Waals surface area contributed by atoms with Gasteiger partial charge in [0.1, 0.15) is 5.82 Å². The summed E-state index contributed by atoms with van der Waals surface area (Å²) in [5, 5.41) is 3.92. The van der Waals surface area contributed by atoms with Crippen LogP contribution in [0.15, 0.2) is 42.6 Å². The number of likely N-dealkylation sites (N-methyl/N-ethyl adjacent to an activating group) is 1. The molecule has 2 heterocycles. The number of amides is 1. The molecule has 0 unspecified atom stereocenters. The second kappa shape index (κ2) is 9.98. The number of anilines is 2. The summed E-state index contributed by atoms with van der Waals surface area (Å²) in [6, 6.07) is 11.9. The third-order valence-electron chi connectivity index (χ3n) is 6.62. The zero-order valence-corrected chi connectivity index (χ0v) is 21.7. The molecule has 2 aromatic carbocycles. The van der Waals surface area contributed by atoms with Crippen molar-refractivity contribution in [3.8, 4) is 11.4 Å². The Morgan fingerprint density at radius 2 is 1.79 bits per heavy atom. The minimum absolute atomic E-state index is 0.271. The minimum Gasteiger partial charge on any atom is -0.368 e. The summed E-state index contributed by atoms with van der Waals surface area (Å²) in [5.41, 5.74) is 3.83. The highest BCUT2D eigenvalue weighted by Gasteiger charge is 2.27. The van der Waals surface area contributed by atoms with E-state index in [0.717, 1.165) is 30.0 Å². The zero-order valence-electron chi connectivity index (χ0n) is 20.2. The standard InChI is InChI=1S/C26H31Cl2N5O/c1-15(2)24-12-29-25(31-24)21-10-18(6-9-22(21)27)30-26(34)20-8-7-19(11-23(20)28)33-13-16(3)32(5)17(4)14-33/h6-12,15-17H,13-14H2,1-5H3,(H,29,31)(H,30,34)/t16-,17+. The third kappa shape index (κ3) is 5.09. The van der Waals surface area contributed by atoms with E-state index in [1.54, 1.807) is 18.2 Å². The van der Waals surface area contributed by atoms with Crippen LogP contribution in [0, 0.1) is 0 Å². The van der Waals surface area contributed by atoms with E-state index in [4.69, 9.17) is 23.2 Å². The van der Waals surface area contributed by atoms with E-state index in [-0.39, 0.29) is 5.91 Å². The van der Waals surface area contributed by atoms with Gasteiger partial charge in [-0.25, -0.2) is 4.98 Å². The van der Waals surface area contributed by atoms with Gasteiger partial charge in [-0.3, -0.25) is 9.69 Å². The van der Waals surface area contributed by atoms with Gasteiger partial charge >= 0.3 is 0 Å². The van der Waals surface area contributed by atoms with Crippen molar-refractivity contribution in [2.24, 2.45) is 0 Å². The van der Waals surface area contributed by atoms with Crippen LogP contribution in [0.25, 0.3) is 11.4 Å². The molecule has 0 aliphatic carbocycles. The molecule has 6 nitrogen and oxygen atoms in total. The Morgan fingerprint density at radius 1 is 1.09 bits per heavy atom. The second-order valence-electron chi connectivity index (χ2n) is 9.42. The van der Waals surface area contributed by atoms with Crippen LogP contribution in [0.4, 0.5) is 11.4 Å². The maximum atomic E-state index is 13.0. The molecule has 34 heavy (non-hydrogen) atoms. The molecule has 0 bridgehead atoms. The Bertz CT molecular complexity index is 1180. The number of nitrogens with one attached hydrogen (secondary N) is 2. The highest BCUT2D eigenvalue weighted by molar-refractivity contribution is 6.35. The number of rotatable bonds is 5. The predicted octanol–water partition coefficient (Wildman–Crippen LogP) is 6.29. The smallest absolute Gasteiger partial charge is 0.257 e. The lowest BCUT2D eigenvalue weighted by atomic mass is 10.1. The summed E-state index contributed by atoms with van der Waals surface area (Å²) >= 11 is 13.0. The third-order valence-corrected chi connectivity index (χ3v) is 7.26. The lowest BCUT2D eigenvalue weighted by Gasteiger charge is -2.43. The van der Waals surface area contributed by atoms with E-state index in [2.05, 4.69) is 59.8 Å². The van der Waals surface area contributed by atoms with E-state index in [1.165, 1.54) is 0 Å². The fourth-order valence-corrected chi connectivity index (χ4v) is 4.72. The van der Waals surface area contributed by atoms with Crippen molar-refractivity contribution in [1.29, 1.82) is 0 Å². The van der Waals surface area contributed by atoms with Crippen molar-refractivity contribution >= 4 is 40.5 Å². The number of hydrogen-bond acceptors (Lipinski definition) is 4. The summed E-state index contributed by atoms with van der Waals surface area (Å²) in [6.07, 6.45) is 1.81. The fourth-order valence-electron chi connectivity index (χ4n) is 4.25. The molecule has 180 valence electrons.